The standard InChI is InChI=1S/C12H19N3O4/c13-8(7-1-2-7)5-10(16)15-4-3-14-12(19)9(15)6-11(17)18/h7-9H,1-6,13H2,(H,14,19)(H,17,18). The summed E-state index contributed by atoms with van der Waals surface area (Å²) in [6, 6.07) is -1.09. The van der Waals surface area contributed by atoms with E-state index >= 15 is 0 Å². The quantitative estimate of drug-likeness (QED) is 0.587. The number of hydrogen-bond acceptors (Lipinski definition) is 4. The Morgan fingerprint density at radius 2 is 2.16 bits per heavy atom. The molecule has 2 amide bonds. The lowest BCUT2D eigenvalue weighted by molar-refractivity contribution is -0.148. The first-order valence-electron chi connectivity index (χ1n) is 6.53. The van der Waals surface area contributed by atoms with Crippen LogP contribution in [0.1, 0.15) is 25.7 Å². The van der Waals surface area contributed by atoms with Crippen LogP contribution in [0, 0.1) is 5.92 Å². The number of aliphatic carboxylic acids is 1. The molecule has 2 aliphatic rings. The minimum atomic E-state index is -1.09. The Bertz CT molecular complexity index is 394. The molecule has 2 unspecified atom stereocenters. The molecule has 2 fully saturated rings. The molecule has 7 nitrogen and oxygen atoms in total. The number of carbonyl (C=O) groups is 3. The highest BCUT2D eigenvalue weighted by molar-refractivity contribution is 5.91. The van der Waals surface area contributed by atoms with Crippen molar-refractivity contribution in [1.82, 2.24) is 10.2 Å². The Hall–Kier alpha value is -1.63. The third-order valence-corrected chi connectivity index (χ3v) is 3.66. The summed E-state index contributed by atoms with van der Waals surface area (Å²) < 4.78 is 0. The molecule has 0 aromatic heterocycles. The van der Waals surface area contributed by atoms with Gasteiger partial charge in [0.2, 0.25) is 11.8 Å². The van der Waals surface area contributed by atoms with E-state index in [0.717, 1.165) is 12.8 Å². The van der Waals surface area contributed by atoms with Crippen LogP contribution in [0.2, 0.25) is 0 Å². The first kappa shape index (κ1) is 13.8. The Kier molecular flexibility index (Phi) is 4.04. The first-order valence-corrected chi connectivity index (χ1v) is 6.53. The fraction of sp³-hybridized carbons (Fsp3) is 0.750. The van der Waals surface area contributed by atoms with E-state index < -0.39 is 17.9 Å². The van der Waals surface area contributed by atoms with E-state index in [4.69, 9.17) is 10.8 Å². The van der Waals surface area contributed by atoms with E-state index in [9.17, 15) is 14.4 Å². The number of hydrogen-bond donors (Lipinski definition) is 3. The van der Waals surface area contributed by atoms with E-state index in [1.54, 1.807) is 0 Å². The number of nitrogens with zero attached hydrogens (tertiary/aromatic N) is 1. The van der Waals surface area contributed by atoms with Crippen molar-refractivity contribution >= 4 is 17.8 Å². The van der Waals surface area contributed by atoms with Crippen LogP contribution >= 0.6 is 0 Å². The molecular formula is C12H19N3O4. The molecule has 1 saturated carbocycles. The van der Waals surface area contributed by atoms with Gasteiger partial charge in [-0.05, 0) is 18.8 Å². The predicted octanol–water partition coefficient (Wildman–Crippen LogP) is -1.08. The van der Waals surface area contributed by atoms with Gasteiger partial charge in [-0.25, -0.2) is 0 Å². The van der Waals surface area contributed by atoms with Crippen molar-refractivity contribution < 1.29 is 19.5 Å². The highest BCUT2D eigenvalue weighted by Crippen LogP contribution is 2.33. The lowest BCUT2D eigenvalue weighted by atomic mass is 10.0. The molecule has 0 aromatic carbocycles. The minimum Gasteiger partial charge on any atom is -0.481 e. The van der Waals surface area contributed by atoms with Crippen LogP contribution in [0.25, 0.3) is 0 Å². The summed E-state index contributed by atoms with van der Waals surface area (Å²) >= 11 is 0. The summed E-state index contributed by atoms with van der Waals surface area (Å²) in [6.07, 6.45) is 1.92. The van der Waals surface area contributed by atoms with E-state index in [2.05, 4.69) is 5.32 Å². The van der Waals surface area contributed by atoms with Gasteiger partial charge in [-0.15, -0.1) is 0 Å². The maximum Gasteiger partial charge on any atom is 0.305 e. The third kappa shape index (κ3) is 3.44. The number of carboxylic acids is 1. The molecule has 0 radical (unpaired) electrons. The normalized spacial score (nSPS) is 24.8. The van der Waals surface area contributed by atoms with Crippen LogP contribution in [0.3, 0.4) is 0 Å². The van der Waals surface area contributed by atoms with E-state index in [1.165, 1.54) is 4.90 Å². The van der Waals surface area contributed by atoms with E-state index in [0.29, 0.717) is 19.0 Å². The molecule has 0 bridgehead atoms. The fourth-order valence-corrected chi connectivity index (χ4v) is 2.39. The van der Waals surface area contributed by atoms with Gasteiger partial charge in [-0.1, -0.05) is 0 Å². The Morgan fingerprint density at radius 3 is 2.74 bits per heavy atom. The van der Waals surface area contributed by atoms with Crippen LogP contribution in [0.5, 0.6) is 0 Å². The van der Waals surface area contributed by atoms with Crippen LogP contribution in [-0.4, -0.2) is 53.0 Å². The fourth-order valence-electron chi connectivity index (χ4n) is 2.39. The maximum absolute atomic E-state index is 12.2. The second kappa shape index (κ2) is 5.56. The van der Waals surface area contributed by atoms with E-state index in [-0.39, 0.29) is 24.8 Å². The second-order valence-corrected chi connectivity index (χ2v) is 5.20. The highest BCUT2D eigenvalue weighted by Gasteiger charge is 2.37. The van der Waals surface area contributed by atoms with Crippen LogP contribution < -0.4 is 11.1 Å². The number of nitrogens with two attached hydrogens (primary N) is 1. The van der Waals surface area contributed by atoms with Gasteiger partial charge in [0.05, 0.1) is 6.42 Å². The third-order valence-electron chi connectivity index (χ3n) is 3.66. The number of nitrogens with one attached hydrogen (secondary N) is 1. The molecule has 1 heterocycles. The molecule has 4 N–H and O–H groups in total. The van der Waals surface area contributed by atoms with Gasteiger partial charge in [-0.3, -0.25) is 14.4 Å². The van der Waals surface area contributed by atoms with Crippen molar-refractivity contribution in [3.05, 3.63) is 0 Å². The number of carbonyl (C=O) groups excluding carboxylic acids is 2. The molecule has 2 atom stereocenters. The Morgan fingerprint density at radius 1 is 1.47 bits per heavy atom. The van der Waals surface area contributed by atoms with Gasteiger partial charge in [-0.2, -0.15) is 0 Å². The molecule has 1 aliphatic carbocycles. The highest BCUT2D eigenvalue weighted by atomic mass is 16.4. The van der Waals surface area contributed by atoms with E-state index in [1.807, 2.05) is 0 Å². The lowest BCUT2D eigenvalue weighted by Gasteiger charge is -2.34. The summed E-state index contributed by atoms with van der Waals surface area (Å²) in [7, 11) is 0. The van der Waals surface area contributed by atoms with Crippen molar-refractivity contribution in [2.45, 2.75) is 37.8 Å². The van der Waals surface area contributed by atoms with Gasteiger partial charge in [0.1, 0.15) is 6.04 Å². The number of piperazine rings is 1. The summed E-state index contributed by atoms with van der Waals surface area (Å²) in [5, 5.41) is 11.4. The molecule has 1 aliphatic heterocycles. The molecule has 19 heavy (non-hydrogen) atoms. The van der Waals surface area contributed by atoms with Crippen LogP contribution in [0.15, 0.2) is 0 Å². The maximum atomic E-state index is 12.2. The van der Waals surface area contributed by atoms with Crippen molar-refractivity contribution in [1.29, 1.82) is 0 Å². The number of rotatable bonds is 5. The zero-order valence-electron chi connectivity index (χ0n) is 10.7. The van der Waals surface area contributed by atoms with Gasteiger partial charge in [0, 0.05) is 25.6 Å². The van der Waals surface area contributed by atoms with Crippen LogP contribution in [-0.2, 0) is 14.4 Å². The zero-order chi connectivity index (χ0) is 14.0. The molecule has 106 valence electrons. The molecule has 1 saturated heterocycles. The molecule has 7 heteroatoms. The van der Waals surface area contributed by atoms with Gasteiger partial charge >= 0.3 is 5.97 Å². The molecular weight excluding hydrogens is 250 g/mol. The first-order chi connectivity index (χ1) is 8.99. The smallest absolute Gasteiger partial charge is 0.305 e. The van der Waals surface area contributed by atoms with Crippen molar-refractivity contribution in [3.8, 4) is 0 Å². The number of carboxylic acid groups (broad SMARTS) is 1. The Balaban J connectivity index is 1.99. The molecule has 2 rings (SSSR count). The minimum absolute atomic E-state index is 0.178. The zero-order valence-corrected chi connectivity index (χ0v) is 10.7. The SMILES string of the molecule is NC(CC(=O)N1CCNC(=O)C1CC(=O)O)C1CC1. The average molecular weight is 269 g/mol. The molecule has 0 aromatic rings. The second-order valence-electron chi connectivity index (χ2n) is 5.20. The Labute approximate surface area is 111 Å². The van der Waals surface area contributed by atoms with Crippen LogP contribution in [0.4, 0.5) is 0 Å². The van der Waals surface area contributed by atoms with Gasteiger partial charge < -0.3 is 21.1 Å². The van der Waals surface area contributed by atoms with Gasteiger partial charge in [0.25, 0.3) is 0 Å². The predicted molar refractivity (Wildman–Crippen MR) is 66.1 cm³/mol. The topological polar surface area (TPSA) is 113 Å². The molecule has 0 spiro atoms. The largest absolute Gasteiger partial charge is 0.481 e. The number of amides is 2. The van der Waals surface area contributed by atoms with Crippen molar-refractivity contribution in [2.75, 3.05) is 13.1 Å². The van der Waals surface area contributed by atoms with Gasteiger partial charge in [0.15, 0.2) is 0 Å². The average Bonchev–Trinajstić information content (AvgIpc) is 3.14. The lowest BCUT2D eigenvalue weighted by Crippen LogP contribution is -2.58. The monoisotopic (exact) mass is 269 g/mol. The van der Waals surface area contributed by atoms with Crippen molar-refractivity contribution in [3.63, 3.8) is 0 Å². The summed E-state index contributed by atoms with van der Waals surface area (Å²) in [6.45, 7) is 0.708. The summed E-state index contributed by atoms with van der Waals surface area (Å²) in [5.41, 5.74) is 5.90. The summed E-state index contributed by atoms with van der Waals surface area (Å²) in [5.74, 6) is -1.31. The van der Waals surface area contributed by atoms with Crippen molar-refractivity contribution in [2.24, 2.45) is 11.7 Å². The summed E-state index contributed by atoms with van der Waals surface area (Å²) in [4.78, 5) is 36.0.